The maximum absolute atomic E-state index is 14.8. The number of rotatable bonds is 8. The van der Waals surface area contributed by atoms with Crippen molar-refractivity contribution in [2.45, 2.75) is 45.1 Å². The molecule has 168 valence electrons. The zero-order chi connectivity index (χ0) is 22.2. The molecule has 1 saturated heterocycles. The molecule has 1 aromatic carbocycles. The zero-order valence-corrected chi connectivity index (χ0v) is 18.1. The molecule has 0 aliphatic carbocycles. The van der Waals surface area contributed by atoms with E-state index < -0.39 is 18.0 Å². The van der Waals surface area contributed by atoms with Gasteiger partial charge in [-0.2, -0.15) is 0 Å². The van der Waals surface area contributed by atoms with Crippen molar-refractivity contribution >= 4 is 6.03 Å². The fraction of sp³-hybridized carbons (Fsp3) is 0.478. The van der Waals surface area contributed by atoms with E-state index in [-0.39, 0.29) is 19.1 Å². The number of aromatic nitrogens is 1. The number of nitrogens with zero attached hydrogens (tertiary/aromatic N) is 3. The number of benzene rings is 1. The number of urea groups is 1. The summed E-state index contributed by atoms with van der Waals surface area (Å²) in [4.78, 5) is 20.5. The molecule has 1 fully saturated rings. The molecule has 1 aromatic heterocycles. The van der Waals surface area contributed by atoms with Crippen molar-refractivity contribution in [3.8, 4) is 5.75 Å². The fourth-order valence-electron chi connectivity index (χ4n) is 3.61. The van der Waals surface area contributed by atoms with Crippen LogP contribution in [0.5, 0.6) is 5.75 Å². The number of likely N-dealkylation sites (tertiary alicyclic amines) is 1. The van der Waals surface area contributed by atoms with Gasteiger partial charge in [-0.3, -0.25) is 4.98 Å². The van der Waals surface area contributed by atoms with E-state index in [9.17, 15) is 13.6 Å². The van der Waals surface area contributed by atoms with Crippen LogP contribution < -0.4 is 10.1 Å². The van der Waals surface area contributed by atoms with Crippen molar-refractivity contribution in [2.75, 3.05) is 26.7 Å². The average molecular weight is 433 g/mol. The Balaban J connectivity index is 1.67. The molecule has 0 saturated carbocycles. The highest BCUT2D eigenvalue weighted by molar-refractivity contribution is 5.74. The summed E-state index contributed by atoms with van der Waals surface area (Å²) in [6, 6.07) is 9.41. The van der Waals surface area contributed by atoms with Gasteiger partial charge < -0.3 is 19.9 Å². The molecule has 1 N–H and O–H groups in total. The van der Waals surface area contributed by atoms with Crippen LogP contribution in [0.2, 0.25) is 0 Å². The van der Waals surface area contributed by atoms with Crippen molar-refractivity contribution in [1.29, 1.82) is 0 Å². The van der Waals surface area contributed by atoms with E-state index in [1.807, 2.05) is 43.1 Å². The van der Waals surface area contributed by atoms with Crippen molar-refractivity contribution < 1.29 is 18.3 Å². The molecule has 0 unspecified atom stereocenters. The average Bonchev–Trinajstić information content (AvgIpc) is 2.77. The number of nitrogens with one attached hydrogen (secondary N) is 1. The maximum atomic E-state index is 14.8. The zero-order valence-electron chi connectivity index (χ0n) is 18.1. The number of amides is 2. The van der Waals surface area contributed by atoms with Gasteiger partial charge in [0.15, 0.2) is 0 Å². The number of piperidine rings is 1. The predicted molar refractivity (Wildman–Crippen MR) is 115 cm³/mol. The maximum Gasteiger partial charge on any atom is 0.318 e. The smallest absolute Gasteiger partial charge is 0.318 e. The van der Waals surface area contributed by atoms with Gasteiger partial charge in [-0.05, 0) is 49.7 Å². The molecule has 6 nitrogen and oxygen atoms in total. The first kappa shape index (κ1) is 22.9. The quantitative estimate of drug-likeness (QED) is 0.690. The first-order valence-corrected chi connectivity index (χ1v) is 10.7. The molecule has 2 aromatic rings. The van der Waals surface area contributed by atoms with Crippen LogP contribution in [0.3, 0.4) is 0 Å². The van der Waals surface area contributed by atoms with Crippen molar-refractivity contribution in [3.05, 3.63) is 59.7 Å². The minimum absolute atomic E-state index is 0.116. The third-order valence-corrected chi connectivity index (χ3v) is 5.33. The summed E-state index contributed by atoms with van der Waals surface area (Å²) >= 11 is 0. The number of pyridine rings is 1. The molecule has 8 heteroatoms. The molecule has 1 aliphatic rings. The lowest BCUT2D eigenvalue weighted by atomic mass is 10.0. The number of carbonyl (C=O) groups excluding carboxylic acids is 1. The van der Waals surface area contributed by atoms with Gasteiger partial charge >= 0.3 is 6.03 Å². The van der Waals surface area contributed by atoms with Gasteiger partial charge in [0.25, 0.3) is 0 Å². The predicted octanol–water partition coefficient (Wildman–Crippen LogP) is 3.76. The highest BCUT2D eigenvalue weighted by atomic mass is 19.1. The Labute approximate surface area is 182 Å². The lowest BCUT2D eigenvalue weighted by Crippen LogP contribution is -2.55. The van der Waals surface area contributed by atoms with Crippen LogP contribution in [0.25, 0.3) is 0 Å². The van der Waals surface area contributed by atoms with E-state index >= 15 is 0 Å². The second kappa shape index (κ2) is 11.0. The van der Waals surface area contributed by atoms with E-state index in [1.165, 1.54) is 17.0 Å². The van der Waals surface area contributed by atoms with Gasteiger partial charge in [0.2, 0.25) is 0 Å². The number of ether oxygens (including phenoxy) is 1. The van der Waals surface area contributed by atoms with E-state index in [1.54, 1.807) is 0 Å². The second-order valence-corrected chi connectivity index (χ2v) is 7.88. The lowest BCUT2D eigenvalue weighted by molar-refractivity contribution is 0.0566. The van der Waals surface area contributed by atoms with Gasteiger partial charge in [-0.15, -0.1) is 0 Å². The standard InChI is InChI=1S/C23H30F2N4O2/c1-3-12-31-20-8-4-17(5-9-20)13-27-23(30)29(15-19-7-6-18(24)14-26-19)22-10-11-28(2)16-21(22)25/h4-9,14,21-22H,3,10-13,15-16H2,1-2H3,(H,27,30)/t21-,22+/m0/s1. The fourth-order valence-corrected chi connectivity index (χ4v) is 3.61. The van der Waals surface area contributed by atoms with Crippen LogP contribution >= 0.6 is 0 Å². The Kier molecular flexibility index (Phi) is 8.17. The number of carbonyl (C=O) groups is 1. The van der Waals surface area contributed by atoms with Crippen LogP contribution in [0.4, 0.5) is 13.6 Å². The van der Waals surface area contributed by atoms with Gasteiger partial charge in [-0.1, -0.05) is 19.1 Å². The topological polar surface area (TPSA) is 57.7 Å². The Morgan fingerprint density at radius 2 is 2.06 bits per heavy atom. The SMILES string of the molecule is CCCOc1ccc(CNC(=O)N(Cc2ccc(F)cn2)[C@@H]2CCN(C)C[C@@H]2F)cc1. The summed E-state index contributed by atoms with van der Waals surface area (Å²) in [6.45, 7) is 4.09. The van der Waals surface area contributed by atoms with Crippen LogP contribution in [0, 0.1) is 5.82 Å². The van der Waals surface area contributed by atoms with Crippen LogP contribution in [0.15, 0.2) is 42.6 Å². The molecule has 31 heavy (non-hydrogen) atoms. The Hall–Kier alpha value is -2.74. The number of alkyl halides is 1. The van der Waals surface area contributed by atoms with Gasteiger partial charge in [0.05, 0.1) is 31.1 Å². The van der Waals surface area contributed by atoms with E-state index in [2.05, 4.69) is 10.3 Å². The molecule has 0 spiro atoms. The molecule has 0 radical (unpaired) electrons. The minimum atomic E-state index is -1.17. The Bertz CT molecular complexity index is 832. The highest BCUT2D eigenvalue weighted by Crippen LogP contribution is 2.21. The van der Waals surface area contributed by atoms with E-state index in [0.29, 0.717) is 31.8 Å². The van der Waals surface area contributed by atoms with Crippen molar-refractivity contribution in [2.24, 2.45) is 0 Å². The summed E-state index contributed by atoms with van der Waals surface area (Å²) in [6.07, 6.45) is 1.40. The first-order valence-electron chi connectivity index (χ1n) is 10.7. The second-order valence-electron chi connectivity index (χ2n) is 7.88. The lowest BCUT2D eigenvalue weighted by Gasteiger charge is -2.39. The number of halogens is 2. The Morgan fingerprint density at radius 3 is 2.71 bits per heavy atom. The molecule has 3 rings (SSSR count). The van der Waals surface area contributed by atoms with Gasteiger partial charge in [0.1, 0.15) is 17.7 Å². The van der Waals surface area contributed by atoms with Crippen LogP contribution in [0.1, 0.15) is 31.0 Å². The molecular weight excluding hydrogens is 402 g/mol. The van der Waals surface area contributed by atoms with Crippen molar-refractivity contribution in [3.63, 3.8) is 0 Å². The number of hydrogen-bond donors (Lipinski definition) is 1. The molecular formula is C23H30F2N4O2. The van der Waals surface area contributed by atoms with Crippen LogP contribution in [-0.2, 0) is 13.1 Å². The molecule has 1 aliphatic heterocycles. The monoisotopic (exact) mass is 432 g/mol. The van der Waals surface area contributed by atoms with Gasteiger partial charge in [-0.25, -0.2) is 13.6 Å². The molecule has 2 amide bonds. The third kappa shape index (κ3) is 6.62. The summed E-state index contributed by atoms with van der Waals surface area (Å²) in [5.74, 6) is 0.335. The first-order chi connectivity index (χ1) is 15.0. The summed E-state index contributed by atoms with van der Waals surface area (Å²) in [5.41, 5.74) is 1.43. The summed E-state index contributed by atoms with van der Waals surface area (Å²) in [7, 11) is 1.86. The van der Waals surface area contributed by atoms with E-state index in [0.717, 1.165) is 23.9 Å². The minimum Gasteiger partial charge on any atom is -0.494 e. The van der Waals surface area contributed by atoms with E-state index in [4.69, 9.17) is 4.74 Å². The number of hydrogen-bond acceptors (Lipinski definition) is 4. The largest absolute Gasteiger partial charge is 0.494 e. The Morgan fingerprint density at radius 1 is 1.29 bits per heavy atom. The van der Waals surface area contributed by atoms with Crippen LogP contribution in [-0.4, -0.2) is 59.8 Å². The highest BCUT2D eigenvalue weighted by Gasteiger charge is 2.35. The molecule has 2 heterocycles. The van der Waals surface area contributed by atoms with Crippen molar-refractivity contribution in [1.82, 2.24) is 20.1 Å². The molecule has 0 bridgehead atoms. The van der Waals surface area contributed by atoms with Gasteiger partial charge in [0, 0.05) is 19.6 Å². The summed E-state index contributed by atoms with van der Waals surface area (Å²) in [5, 5.41) is 2.89. The third-order valence-electron chi connectivity index (χ3n) is 5.33. The normalized spacial score (nSPS) is 19.1. The summed E-state index contributed by atoms with van der Waals surface area (Å²) < 4.78 is 33.6. The molecule has 2 atom stereocenters.